The fraction of sp³-hybridized carbons (Fsp3) is 0.107. The van der Waals surface area contributed by atoms with Gasteiger partial charge in [-0.3, -0.25) is 10.1 Å². The Morgan fingerprint density at radius 1 is 1.05 bits per heavy atom. The zero-order chi connectivity index (χ0) is 26.6. The molecule has 0 aliphatic rings. The highest BCUT2D eigenvalue weighted by Gasteiger charge is 2.21. The first kappa shape index (κ1) is 24.9. The van der Waals surface area contributed by atoms with Gasteiger partial charge in [-0.15, -0.1) is 0 Å². The summed E-state index contributed by atoms with van der Waals surface area (Å²) in [5.41, 5.74) is 4.67. The van der Waals surface area contributed by atoms with Crippen molar-refractivity contribution in [2.45, 2.75) is 19.4 Å². The first-order valence-electron chi connectivity index (χ1n) is 11.6. The minimum atomic E-state index is -0.890. The van der Waals surface area contributed by atoms with Gasteiger partial charge in [-0.2, -0.15) is 0 Å². The number of nitrogens with one attached hydrogen (secondary N) is 1. The smallest absolute Gasteiger partial charge is 0.412 e. The van der Waals surface area contributed by atoms with Crippen molar-refractivity contribution in [1.82, 2.24) is 15.1 Å². The van der Waals surface area contributed by atoms with Gasteiger partial charge >= 0.3 is 12.1 Å². The molecule has 0 saturated carbocycles. The van der Waals surface area contributed by atoms with Gasteiger partial charge in [0.15, 0.2) is 5.76 Å². The highest BCUT2D eigenvalue weighted by molar-refractivity contribution is 6.31. The molecule has 5 aromatic rings. The molecule has 2 N–H and O–H groups in total. The number of anilines is 1. The zero-order valence-electron chi connectivity index (χ0n) is 20.1. The van der Waals surface area contributed by atoms with Crippen LogP contribution >= 0.6 is 11.6 Å². The van der Waals surface area contributed by atoms with Gasteiger partial charge < -0.3 is 14.4 Å². The minimum Gasteiger partial charge on any atom is -0.481 e. The molecule has 0 aliphatic carbocycles. The molecular weight excluding hydrogens is 508 g/mol. The number of aromatic nitrogens is 3. The number of halogens is 1. The van der Waals surface area contributed by atoms with Crippen molar-refractivity contribution in [1.29, 1.82) is 0 Å². The predicted octanol–water partition coefficient (Wildman–Crippen LogP) is 6.54. The molecule has 1 unspecified atom stereocenters. The number of carboxylic acids is 1. The van der Waals surface area contributed by atoms with Gasteiger partial charge in [0.1, 0.15) is 18.1 Å². The molecule has 0 fully saturated rings. The van der Waals surface area contributed by atoms with Crippen LogP contribution in [0, 0.1) is 0 Å². The molecule has 1 atom stereocenters. The Morgan fingerprint density at radius 2 is 1.82 bits per heavy atom. The molecule has 2 aromatic heterocycles. The maximum absolute atomic E-state index is 12.7. The largest absolute Gasteiger partial charge is 0.481 e. The van der Waals surface area contributed by atoms with Crippen LogP contribution < -0.4 is 5.32 Å². The molecule has 0 bridgehead atoms. The second kappa shape index (κ2) is 10.7. The van der Waals surface area contributed by atoms with E-state index >= 15 is 0 Å². The van der Waals surface area contributed by atoms with Crippen LogP contribution in [0.4, 0.5) is 10.5 Å². The lowest BCUT2D eigenvalue weighted by atomic mass is 9.97. The molecule has 0 spiro atoms. The Hall–Kier alpha value is -4.76. The predicted molar refractivity (Wildman–Crippen MR) is 142 cm³/mol. The van der Waals surface area contributed by atoms with Gasteiger partial charge in [0, 0.05) is 33.3 Å². The average Bonchev–Trinajstić information content (AvgIpc) is 3.36. The van der Waals surface area contributed by atoms with Gasteiger partial charge in [0.2, 0.25) is 0 Å². The van der Waals surface area contributed by atoms with Crippen LogP contribution in [-0.2, 0) is 16.0 Å². The van der Waals surface area contributed by atoms with Crippen LogP contribution in [0.15, 0.2) is 83.9 Å². The number of nitrogens with zero attached hydrogens (tertiary/aromatic N) is 3. The molecule has 190 valence electrons. The number of benzene rings is 3. The Morgan fingerprint density at radius 3 is 2.58 bits per heavy atom. The summed E-state index contributed by atoms with van der Waals surface area (Å²) in [5.74, 6) is -0.575. The van der Waals surface area contributed by atoms with Crippen LogP contribution in [0.2, 0.25) is 5.02 Å². The fourth-order valence-electron chi connectivity index (χ4n) is 4.18. The molecule has 2 heterocycles. The third-order valence-corrected chi connectivity index (χ3v) is 6.32. The van der Waals surface area contributed by atoms with E-state index in [2.05, 4.69) is 20.4 Å². The van der Waals surface area contributed by atoms with E-state index in [1.54, 1.807) is 43.5 Å². The van der Waals surface area contributed by atoms with Crippen molar-refractivity contribution in [3.63, 3.8) is 0 Å². The second-order valence-corrected chi connectivity index (χ2v) is 8.88. The molecule has 38 heavy (non-hydrogen) atoms. The van der Waals surface area contributed by atoms with Crippen molar-refractivity contribution in [2.24, 2.45) is 0 Å². The van der Waals surface area contributed by atoms with Crippen LogP contribution in [0.1, 0.15) is 24.2 Å². The molecule has 3 aromatic carbocycles. The van der Waals surface area contributed by atoms with E-state index in [-0.39, 0.29) is 6.42 Å². The Bertz CT molecular complexity index is 1630. The summed E-state index contributed by atoms with van der Waals surface area (Å²) in [4.78, 5) is 32.3. The van der Waals surface area contributed by atoms with Crippen molar-refractivity contribution in [2.75, 3.05) is 5.32 Å². The third-order valence-electron chi connectivity index (χ3n) is 5.97. The van der Waals surface area contributed by atoms with E-state index in [4.69, 9.17) is 26.0 Å². The number of hydrogen-bond acceptors (Lipinski definition) is 7. The number of aliphatic carboxylic acids is 1. The molecule has 1 amide bonds. The van der Waals surface area contributed by atoms with Crippen LogP contribution in [0.5, 0.6) is 0 Å². The lowest BCUT2D eigenvalue weighted by Crippen LogP contribution is -2.16. The summed E-state index contributed by atoms with van der Waals surface area (Å²) >= 11 is 6.22. The normalized spacial score (nSPS) is 11.7. The molecule has 5 rings (SSSR count). The molecule has 0 radical (unpaired) electrons. The maximum Gasteiger partial charge on any atom is 0.412 e. The first-order chi connectivity index (χ1) is 18.4. The van der Waals surface area contributed by atoms with Gasteiger partial charge in [0.05, 0.1) is 18.1 Å². The molecular formula is C28H21ClN4O5. The lowest BCUT2D eigenvalue weighted by Gasteiger charge is -2.15. The zero-order valence-corrected chi connectivity index (χ0v) is 20.8. The number of rotatable bonds is 7. The first-order valence-corrected chi connectivity index (χ1v) is 12.0. The average molecular weight is 529 g/mol. The lowest BCUT2D eigenvalue weighted by molar-refractivity contribution is -0.136. The third kappa shape index (κ3) is 5.18. The number of hydrogen-bond donors (Lipinski definition) is 2. The summed E-state index contributed by atoms with van der Waals surface area (Å²) in [6, 6.07) is 18.1. The Kier molecular flexibility index (Phi) is 7.01. The summed E-state index contributed by atoms with van der Waals surface area (Å²) in [7, 11) is 0. The topological polar surface area (TPSA) is 127 Å². The van der Waals surface area contributed by atoms with Crippen molar-refractivity contribution in [3.05, 3.63) is 95.5 Å². The Balaban J connectivity index is 1.43. The van der Waals surface area contributed by atoms with Gasteiger partial charge in [-0.25, -0.2) is 14.8 Å². The summed E-state index contributed by atoms with van der Waals surface area (Å²) in [6.07, 6.45) is 3.17. The highest BCUT2D eigenvalue weighted by atomic mass is 35.5. The monoisotopic (exact) mass is 528 g/mol. The number of fused-ring (bicyclic) bond motifs is 1. The SMILES string of the molecule is CC(OC(=O)Nc1cnoc1-c1ccc(-c2ccc(CC(=O)O)cc2)c2ncncc12)c1ccccc1Cl. The molecule has 10 heteroatoms. The minimum absolute atomic E-state index is 0.0526. The summed E-state index contributed by atoms with van der Waals surface area (Å²) in [5, 5.41) is 16.8. The fourth-order valence-corrected chi connectivity index (χ4v) is 4.46. The Labute approximate surface area is 222 Å². The van der Waals surface area contributed by atoms with E-state index in [9.17, 15) is 9.59 Å². The number of amides is 1. The van der Waals surface area contributed by atoms with Crippen molar-refractivity contribution >= 4 is 40.3 Å². The quantitative estimate of drug-likeness (QED) is 0.243. The number of carbonyl (C=O) groups excluding carboxylic acids is 1. The van der Waals surface area contributed by atoms with Crippen LogP contribution in [-0.4, -0.2) is 32.3 Å². The number of carbonyl (C=O) groups is 2. The van der Waals surface area contributed by atoms with Crippen LogP contribution in [0.25, 0.3) is 33.4 Å². The summed E-state index contributed by atoms with van der Waals surface area (Å²) < 4.78 is 11.0. The second-order valence-electron chi connectivity index (χ2n) is 8.48. The van der Waals surface area contributed by atoms with E-state index in [1.165, 1.54) is 12.5 Å². The van der Waals surface area contributed by atoms with Crippen molar-refractivity contribution in [3.8, 4) is 22.5 Å². The van der Waals surface area contributed by atoms with E-state index in [1.807, 2.05) is 30.3 Å². The molecule has 0 saturated heterocycles. The number of carboxylic acid groups (broad SMARTS) is 1. The van der Waals surface area contributed by atoms with Gasteiger partial charge in [-0.1, -0.05) is 65.3 Å². The molecule has 0 aliphatic heterocycles. The van der Waals surface area contributed by atoms with Gasteiger partial charge in [0.25, 0.3) is 0 Å². The highest BCUT2D eigenvalue weighted by Crippen LogP contribution is 2.37. The maximum atomic E-state index is 12.7. The van der Waals surface area contributed by atoms with Crippen LogP contribution in [0.3, 0.4) is 0 Å². The van der Waals surface area contributed by atoms with Gasteiger partial charge in [-0.05, 0) is 30.2 Å². The van der Waals surface area contributed by atoms with E-state index in [0.29, 0.717) is 44.1 Å². The van der Waals surface area contributed by atoms with E-state index in [0.717, 1.165) is 11.1 Å². The standard InChI is InChI=1S/C28H21ClN4O5/c1-16(19-4-2-3-5-23(19)29)37-28(36)33-24-14-32-38-27(24)21-11-10-20(26-22(21)13-30-15-31-26)18-8-6-17(7-9-18)12-25(34)35/h2-11,13-16H,12H2,1H3,(H,33,36)(H,34,35). The van der Waals surface area contributed by atoms with E-state index < -0.39 is 18.2 Å². The molecule has 9 nitrogen and oxygen atoms in total. The summed E-state index contributed by atoms with van der Waals surface area (Å²) in [6.45, 7) is 1.73. The number of ether oxygens (including phenoxy) is 1. The van der Waals surface area contributed by atoms with Crippen molar-refractivity contribution < 1.29 is 24.0 Å².